The molecule has 2 unspecified atom stereocenters. The largest absolute Gasteiger partial charge is 0.464 e. The summed E-state index contributed by atoms with van der Waals surface area (Å²) in [5.74, 6) is -6.37. The predicted octanol–water partition coefficient (Wildman–Crippen LogP) is 9.89. The number of hydrogen-bond acceptors (Lipinski definition) is 12. The van der Waals surface area contributed by atoms with Gasteiger partial charge < -0.3 is 9.47 Å². The van der Waals surface area contributed by atoms with Crippen molar-refractivity contribution in [3.05, 3.63) is 139 Å². The SMILES string of the molecule is O=C(Nc1ncc(Cl)s1)C(Oc1ccc(Cl)cc1F)(c1ccc(S(=O)(=O)C2CC2)cc1)C(Oc1ccc(Cl)cc1F)(C(=O)Nc1ncc(Cl)s1)c1ccc(S(=O)(=O)C2CC2)cc1. The molecule has 22 heteroatoms. The molecule has 2 fully saturated rings. The van der Waals surface area contributed by atoms with Crippen LogP contribution < -0.4 is 20.1 Å². The average molecular weight is 1000 g/mol. The van der Waals surface area contributed by atoms with Crippen molar-refractivity contribution in [3.63, 3.8) is 0 Å². The van der Waals surface area contributed by atoms with Gasteiger partial charge >= 0.3 is 0 Å². The summed E-state index contributed by atoms with van der Waals surface area (Å²) in [6.07, 6.45) is 4.11. The Balaban J connectivity index is 1.50. The summed E-state index contributed by atoms with van der Waals surface area (Å²) in [6, 6.07) is 15.6. The van der Waals surface area contributed by atoms with Gasteiger partial charge in [0.1, 0.15) is 8.67 Å². The first-order valence-electron chi connectivity index (χ1n) is 18.3. The van der Waals surface area contributed by atoms with Crippen LogP contribution >= 0.6 is 69.1 Å². The summed E-state index contributed by atoms with van der Waals surface area (Å²) in [7, 11) is -7.75. The second-order valence-corrected chi connectivity index (χ2v) is 22.8. The standard InChI is InChI=1S/C40H28Cl4F2N4O8S4/c41-23-5-15-31(29(45)17-23)57-39(35(51)49-37-47-19-33(43)59-37,21-1-7-25(8-2-21)61(53,54)27-11-12-27)40(36(52)50-38-48-20-34(44)60-38,58-32-16-6-24(42)18-30(32)46)22-3-9-26(10-4-22)62(55,56)28-13-14-28/h1-10,15-20,27-28H,11-14H2,(H,47,49,51)(H,48,50,52). The molecule has 4 aromatic carbocycles. The number of hydrogen-bond donors (Lipinski definition) is 2. The predicted molar refractivity (Wildman–Crippen MR) is 232 cm³/mol. The second-order valence-electron chi connectivity index (χ2n) is 14.1. The number of carbonyl (C=O) groups excluding carboxylic acids is 2. The molecule has 62 heavy (non-hydrogen) atoms. The highest BCUT2D eigenvalue weighted by Gasteiger charge is 2.69. The van der Waals surface area contributed by atoms with E-state index >= 15 is 18.4 Å². The zero-order valence-corrected chi connectivity index (χ0v) is 37.6. The highest BCUT2D eigenvalue weighted by molar-refractivity contribution is 7.92. The number of sulfone groups is 2. The molecule has 0 saturated heterocycles. The number of carbonyl (C=O) groups is 2. The quantitative estimate of drug-likeness (QED) is 0.101. The van der Waals surface area contributed by atoms with E-state index in [-0.39, 0.29) is 49.9 Å². The molecule has 2 atom stereocenters. The molecule has 0 bridgehead atoms. The number of rotatable bonds is 15. The van der Waals surface area contributed by atoms with E-state index in [1.165, 1.54) is 48.8 Å². The highest BCUT2D eigenvalue weighted by Crippen LogP contribution is 2.51. The average Bonchev–Trinajstić information content (AvgIpc) is 4.18. The summed E-state index contributed by atoms with van der Waals surface area (Å²) >= 11 is 26.3. The van der Waals surface area contributed by atoms with E-state index < -0.39 is 76.3 Å². The summed E-state index contributed by atoms with van der Waals surface area (Å²) in [6.45, 7) is 0. The molecule has 2 aliphatic rings. The fourth-order valence-electron chi connectivity index (χ4n) is 6.68. The van der Waals surface area contributed by atoms with Crippen LogP contribution in [0, 0.1) is 11.6 Å². The summed E-state index contributed by atoms with van der Waals surface area (Å²) < 4.78 is 100. The van der Waals surface area contributed by atoms with Crippen molar-refractivity contribution in [1.82, 2.24) is 9.97 Å². The van der Waals surface area contributed by atoms with Crippen LogP contribution in [0.5, 0.6) is 11.5 Å². The third-order valence-corrected chi connectivity index (χ3v) is 17.0. The van der Waals surface area contributed by atoms with Gasteiger partial charge in [0.15, 0.2) is 53.1 Å². The molecule has 8 rings (SSSR count). The number of ether oxygens (including phenoxy) is 2. The van der Waals surface area contributed by atoms with E-state index in [4.69, 9.17) is 55.9 Å². The van der Waals surface area contributed by atoms with Crippen LogP contribution in [0.4, 0.5) is 19.0 Å². The minimum absolute atomic E-state index is 0.0893. The number of benzene rings is 4. The lowest BCUT2D eigenvalue weighted by molar-refractivity contribution is -0.173. The maximum atomic E-state index is 16.3. The summed E-state index contributed by atoms with van der Waals surface area (Å²) in [4.78, 5) is 39.5. The maximum absolute atomic E-state index is 16.3. The maximum Gasteiger partial charge on any atom is 0.280 e. The molecule has 2 amide bonds. The minimum atomic E-state index is -3.87. The van der Waals surface area contributed by atoms with Crippen molar-refractivity contribution in [2.24, 2.45) is 0 Å². The number of nitrogens with one attached hydrogen (secondary N) is 2. The van der Waals surface area contributed by atoms with Gasteiger partial charge in [-0.2, -0.15) is 0 Å². The molecule has 322 valence electrons. The molecular weight excluding hydrogens is 973 g/mol. The Bertz CT molecular complexity index is 2750. The van der Waals surface area contributed by atoms with Crippen LogP contribution in [-0.2, 0) is 40.5 Å². The molecule has 2 saturated carbocycles. The molecule has 0 radical (unpaired) electrons. The van der Waals surface area contributed by atoms with Gasteiger partial charge in [-0.05, 0) is 86.3 Å². The number of nitrogens with zero attached hydrogens (tertiary/aromatic N) is 2. The van der Waals surface area contributed by atoms with E-state index in [1.54, 1.807) is 0 Å². The smallest absolute Gasteiger partial charge is 0.280 e. The van der Waals surface area contributed by atoms with Gasteiger partial charge in [-0.1, -0.05) is 93.3 Å². The van der Waals surface area contributed by atoms with E-state index in [1.807, 2.05) is 0 Å². The van der Waals surface area contributed by atoms with Gasteiger partial charge in [0.25, 0.3) is 23.0 Å². The number of thiazole rings is 2. The van der Waals surface area contributed by atoms with Crippen LogP contribution in [-0.4, -0.2) is 49.1 Å². The first-order chi connectivity index (χ1) is 29.4. The number of aromatic nitrogens is 2. The Hall–Kier alpha value is -4.40. The van der Waals surface area contributed by atoms with Crippen molar-refractivity contribution in [3.8, 4) is 11.5 Å². The van der Waals surface area contributed by atoms with Crippen molar-refractivity contribution < 1.29 is 44.7 Å². The Labute approximate surface area is 381 Å². The van der Waals surface area contributed by atoms with E-state index in [0.717, 1.165) is 71.2 Å². The summed E-state index contributed by atoms with van der Waals surface area (Å²) in [5, 5.41) is 3.33. The van der Waals surface area contributed by atoms with Crippen molar-refractivity contribution in [2.45, 2.75) is 57.2 Å². The zero-order chi connectivity index (χ0) is 44.2. The first kappa shape index (κ1) is 44.2. The van der Waals surface area contributed by atoms with Crippen molar-refractivity contribution >= 4 is 111 Å². The third-order valence-electron chi connectivity index (χ3n) is 9.95. The summed E-state index contributed by atoms with van der Waals surface area (Å²) in [5.41, 5.74) is -7.07. The third kappa shape index (κ3) is 8.38. The molecule has 2 heterocycles. The molecule has 2 aliphatic carbocycles. The Morgan fingerprint density at radius 2 is 0.952 bits per heavy atom. The lowest BCUT2D eigenvalue weighted by Crippen LogP contribution is -2.68. The fourth-order valence-corrected chi connectivity index (χ4v) is 11.9. The Morgan fingerprint density at radius 3 is 1.24 bits per heavy atom. The Morgan fingerprint density at radius 1 is 0.597 bits per heavy atom. The van der Waals surface area contributed by atoms with Gasteiger partial charge in [-0.3, -0.25) is 20.2 Å². The molecule has 2 aromatic heterocycles. The Kier molecular flexibility index (Phi) is 12.1. The first-order valence-corrected chi connectivity index (χ1v) is 24.5. The van der Waals surface area contributed by atoms with Gasteiger partial charge in [0.05, 0.1) is 32.7 Å². The molecule has 12 nitrogen and oxygen atoms in total. The van der Waals surface area contributed by atoms with Gasteiger partial charge in [-0.25, -0.2) is 35.6 Å². The van der Waals surface area contributed by atoms with E-state index in [0.29, 0.717) is 25.7 Å². The second kappa shape index (κ2) is 17.0. The number of anilines is 2. The van der Waals surface area contributed by atoms with Crippen LogP contribution in [0.3, 0.4) is 0 Å². The van der Waals surface area contributed by atoms with Crippen molar-refractivity contribution in [2.75, 3.05) is 10.6 Å². The molecule has 2 N–H and O–H groups in total. The monoisotopic (exact) mass is 998 g/mol. The zero-order valence-electron chi connectivity index (χ0n) is 31.3. The van der Waals surface area contributed by atoms with Crippen molar-refractivity contribution in [1.29, 1.82) is 0 Å². The molecule has 0 spiro atoms. The van der Waals surface area contributed by atoms with Crippen LogP contribution in [0.1, 0.15) is 36.8 Å². The fraction of sp³-hybridized carbons (Fsp3) is 0.200. The molecule has 0 aliphatic heterocycles. The molecular formula is C40H28Cl4F2N4O8S4. The number of halogens is 6. The van der Waals surface area contributed by atoms with Crippen LogP contribution in [0.2, 0.25) is 18.7 Å². The van der Waals surface area contributed by atoms with Gasteiger partial charge in [-0.15, -0.1) is 0 Å². The topological polar surface area (TPSA) is 171 Å². The molecule has 6 aromatic rings. The van der Waals surface area contributed by atoms with Gasteiger partial charge in [0, 0.05) is 21.2 Å². The highest BCUT2D eigenvalue weighted by atomic mass is 35.5. The lowest BCUT2D eigenvalue weighted by atomic mass is 9.71. The van der Waals surface area contributed by atoms with Crippen LogP contribution in [0.15, 0.2) is 107 Å². The minimum Gasteiger partial charge on any atom is -0.464 e. The van der Waals surface area contributed by atoms with E-state index in [9.17, 15) is 16.8 Å². The van der Waals surface area contributed by atoms with Gasteiger partial charge in [0.2, 0.25) is 0 Å². The normalized spacial score (nSPS) is 16.2. The van der Waals surface area contributed by atoms with E-state index in [2.05, 4.69) is 20.6 Å². The lowest BCUT2D eigenvalue weighted by Gasteiger charge is -2.47. The number of amides is 2. The van der Waals surface area contributed by atoms with Crippen LogP contribution in [0.25, 0.3) is 0 Å².